The van der Waals surface area contributed by atoms with Crippen molar-refractivity contribution in [1.29, 1.82) is 0 Å². The zero-order valence-electron chi connectivity index (χ0n) is 29.4. The second-order valence-corrected chi connectivity index (χ2v) is 13.0. The molecule has 0 saturated carbocycles. The zero-order chi connectivity index (χ0) is 36.2. The maximum Gasteiger partial charge on any atom is 0.338 e. The Bertz CT molecular complexity index is 2120. The third-order valence-corrected chi connectivity index (χ3v) is 9.80. The molecule has 1 unspecified atom stereocenters. The van der Waals surface area contributed by atoms with Crippen molar-refractivity contribution in [3.05, 3.63) is 84.5 Å². The van der Waals surface area contributed by atoms with Gasteiger partial charge in [-0.1, -0.05) is 29.5 Å². The minimum Gasteiger partial charge on any atom is -0.497 e. The van der Waals surface area contributed by atoms with E-state index in [1.54, 1.807) is 63.0 Å². The highest BCUT2D eigenvalue weighted by molar-refractivity contribution is 7.07. The predicted octanol–water partition coefficient (Wildman–Crippen LogP) is 2.47. The van der Waals surface area contributed by atoms with Gasteiger partial charge < -0.3 is 38.2 Å². The lowest BCUT2D eigenvalue weighted by molar-refractivity contribution is -0.139. The first-order valence-corrected chi connectivity index (χ1v) is 17.8. The van der Waals surface area contributed by atoms with Gasteiger partial charge in [0.15, 0.2) is 16.3 Å². The molecule has 4 aromatic rings. The van der Waals surface area contributed by atoms with E-state index in [9.17, 15) is 9.59 Å². The number of nitrogens with zero attached hydrogens (tertiary/aromatic N) is 7. The van der Waals surface area contributed by atoms with Crippen LogP contribution in [0.1, 0.15) is 31.0 Å². The molecule has 3 aliphatic heterocycles. The van der Waals surface area contributed by atoms with Gasteiger partial charge in [-0.25, -0.2) is 9.79 Å². The van der Waals surface area contributed by atoms with Crippen LogP contribution in [0.2, 0.25) is 0 Å². The fourth-order valence-corrected chi connectivity index (χ4v) is 7.24. The van der Waals surface area contributed by atoms with Gasteiger partial charge in [-0.2, -0.15) is 15.0 Å². The predicted molar refractivity (Wildman–Crippen MR) is 192 cm³/mol. The minimum atomic E-state index is -0.737. The number of thiazole rings is 1. The van der Waals surface area contributed by atoms with Gasteiger partial charge in [0, 0.05) is 26.2 Å². The number of rotatable bonds is 10. The average molecular weight is 730 g/mol. The number of anilines is 2. The van der Waals surface area contributed by atoms with Gasteiger partial charge in [0.2, 0.25) is 11.9 Å². The number of hydrogen-bond acceptors (Lipinski definition) is 15. The van der Waals surface area contributed by atoms with Gasteiger partial charge in [0.25, 0.3) is 5.56 Å². The highest BCUT2D eigenvalue weighted by Gasteiger charge is 2.33. The molecule has 15 nitrogen and oxygen atoms in total. The third-order valence-electron chi connectivity index (χ3n) is 8.81. The molecule has 0 N–H and O–H groups in total. The smallest absolute Gasteiger partial charge is 0.338 e. The van der Waals surface area contributed by atoms with Crippen LogP contribution in [0.5, 0.6) is 23.3 Å². The molecule has 0 aliphatic carbocycles. The fraction of sp³-hybridized carbons (Fsp3) is 0.389. The largest absolute Gasteiger partial charge is 0.497 e. The number of aromatic nitrogens is 4. The molecular formula is C36H39N7O8S. The summed E-state index contributed by atoms with van der Waals surface area (Å²) in [7, 11) is 3.12. The molecule has 1 atom stereocenters. The topological polar surface area (TPSA) is 152 Å². The van der Waals surface area contributed by atoms with Crippen LogP contribution in [0, 0.1) is 0 Å². The van der Waals surface area contributed by atoms with E-state index >= 15 is 0 Å². The lowest BCUT2D eigenvalue weighted by atomic mass is 9.96. The number of ether oxygens (including phenoxy) is 6. The minimum absolute atomic E-state index is 0.128. The number of carbonyl (C=O) groups excluding carboxylic acids is 1. The van der Waals surface area contributed by atoms with Crippen molar-refractivity contribution >= 4 is 35.3 Å². The third kappa shape index (κ3) is 7.22. The average Bonchev–Trinajstić information content (AvgIpc) is 3.48. The van der Waals surface area contributed by atoms with Crippen LogP contribution in [0.3, 0.4) is 0 Å². The van der Waals surface area contributed by atoms with Crippen LogP contribution < -0.4 is 38.9 Å². The molecule has 2 saturated heterocycles. The number of methoxy groups -OCH3 is 2. The van der Waals surface area contributed by atoms with Gasteiger partial charge in [0.05, 0.1) is 69.1 Å². The first-order chi connectivity index (χ1) is 25.4. The van der Waals surface area contributed by atoms with Gasteiger partial charge in [-0.05, 0) is 55.3 Å². The molecular weight excluding hydrogens is 691 g/mol. The summed E-state index contributed by atoms with van der Waals surface area (Å²) in [5.41, 5.74) is 1.91. The van der Waals surface area contributed by atoms with Crippen molar-refractivity contribution in [2.45, 2.75) is 19.9 Å². The van der Waals surface area contributed by atoms with Crippen LogP contribution in [0.25, 0.3) is 6.08 Å². The van der Waals surface area contributed by atoms with E-state index in [1.165, 1.54) is 11.3 Å². The molecule has 0 bridgehead atoms. The molecule has 16 heteroatoms. The zero-order valence-corrected chi connectivity index (χ0v) is 30.2. The maximum atomic E-state index is 14.1. The summed E-state index contributed by atoms with van der Waals surface area (Å²) in [6, 6.07) is 12.0. The van der Waals surface area contributed by atoms with Crippen LogP contribution >= 0.6 is 11.3 Å². The van der Waals surface area contributed by atoms with Crippen LogP contribution in [-0.2, 0) is 19.0 Å². The van der Waals surface area contributed by atoms with E-state index in [-0.39, 0.29) is 18.2 Å². The fourth-order valence-electron chi connectivity index (χ4n) is 6.19. The lowest BCUT2D eigenvalue weighted by Crippen LogP contribution is -2.40. The molecule has 0 amide bonds. The first kappa shape index (κ1) is 35.1. The number of esters is 1. The molecule has 2 aromatic heterocycles. The van der Waals surface area contributed by atoms with Crippen molar-refractivity contribution in [2.24, 2.45) is 4.99 Å². The summed E-state index contributed by atoms with van der Waals surface area (Å²) in [5, 5.41) is 0. The van der Waals surface area contributed by atoms with E-state index in [1.807, 2.05) is 18.2 Å². The molecule has 0 radical (unpaired) electrons. The lowest BCUT2D eigenvalue weighted by Gasteiger charge is -2.30. The molecule has 52 heavy (non-hydrogen) atoms. The summed E-state index contributed by atoms with van der Waals surface area (Å²) in [6.45, 7) is 8.61. The summed E-state index contributed by atoms with van der Waals surface area (Å²) in [5.74, 6) is 1.96. The maximum absolute atomic E-state index is 14.1. The van der Waals surface area contributed by atoms with E-state index in [0.717, 1.165) is 5.56 Å². The van der Waals surface area contributed by atoms with Crippen molar-refractivity contribution in [1.82, 2.24) is 19.5 Å². The Kier molecular flexibility index (Phi) is 10.5. The van der Waals surface area contributed by atoms with E-state index in [2.05, 4.69) is 24.8 Å². The number of hydrogen-bond donors (Lipinski definition) is 0. The van der Waals surface area contributed by atoms with E-state index in [0.29, 0.717) is 108 Å². The normalized spacial score (nSPS) is 17.8. The van der Waals surface area contributed by atoms with Gasteiger partial charge in [0.1, 0.15) is 5.75 Å². The Labute approximate surface area is 303 Å². The van der Waals surface area contributed by atoms with E-state index < -0.39 is 12.0 Å². The molecule has 272 valence electrons. The summed E-state index contributed by atoms with van der Waals surface area (Å²) in [4.78, 5) is 50.6. The number of fused-ring (bicyclic) bond motifs is 1. The molecule has 3 aliphatic rings. The van der Waals surface area contributed by atoms with Crippen LogP contribution in [0.4, 0.5) is 11.9 Å². The van der Waals surface area contributed by atoms with Crippen molar-refractivity contribution < 1.29 is 33.2 Å². The molecule has 2 aromatic carbocycles. The van der Waals surface area contributed by atoms with Gasteiger partial charge in [-0.3, -0.25) is 9.36 Å². The number of carbonyl (C=O) groups is 1. The van der Waals surface area contributed by atoms with Gasteiger partial charge in [-0.15, -0.1) is 0 Å². The number of allylic oxidation sites excluding steroid dienone is 1. The van der Waals surface area contributed by atoms with Crippen molar-refractivity contribution in [2.75, 3.05) is 83.2 Å². The molecule has 2 fully saturated rings. The highest BCUT2D eigenvalue weighted by Crippen LogP contribution is 2.34. The van der Waals surface area contributed by atoms with Crippen molar-refractivity contribution in [3.63, 3.8) is 0 Å². The highest BCUT2D eigenvalue weighted by atomic mass is 32.1. The standard InChI is InChI=1S/C36H39N7O8S/c1-5-50-32(45)29-22(2)37-36-43(30(29)24-7-9-25(46-3)10-8-24)31(44)28(52-36)21-23-6-11-26(27(20-23)47-4)51-35-39-33(41-12-16-48-17-13-41)38-34(40-35)42-14-18-49-19-15-42/h6-11,20-21,30H,5,12-19H2,1-4H3. The van der Waals surface area contributed by atoms with Crippen molar-refractivity contribution in [3.8, 4) is 23.3 Å². The summed E-state index contributed by atoms with van der Waals surface area (Å²) in [6.07, 6.45) is 1.76. The number of morpholine rings is 2. The second kappa shape index (κ2) is 15.5. The second-order valence-electron chi connectivity index (χ2n) is 12.0. The van der Waals surface area contributed by atoms with Gasteiger partial charge >= 0.3 is 12.0 Å². The molecule has 7 rings (SSSR count). The summed E-state index contributed by atoms with van der Waals surface area (Å²) >= 11 is 1.24. The van der Waals surface area contributed by atoms with E-state index in [4.69, 9.17) is 33.4 Å². The monoisotopic (exact) mass is 729 g/mol. The Balaban J connectivity index is 1.23. The SMILES string of the molecule is CCOC(=O)C1=C(C)N=c2sc(=Cc3ccc(Oc4nc(N5CCOCC5)nc(N5CCOCC5)n4)c(OC)c3)c(=O)n2C1c1ccc(OC)cc1. The molecule has 0 spiro atoms. The molecule has 5 heterocycles. The number of benzene rings is 2. The van der Waals surface area contributed by atoms with Crippen LogP contribution in [0.15, 0.2) is 63.5 Å². The Hall–Kier alpha value is -5.32. The quantitative estimate of drug-likeness (QED) is 0.220. The Morgan fingerprint density at radius 1 is 0.904 bits per heavy atom. The van der Waals surface area contributed by atoms with Crippen LogP contribution in [-0.4, -0.2) is 98.9 Å². The Morgan fingerprint density at radius 3 is 2.15 bits per heavy atom. The first-order valence-electron chi connectivity index (χ1n) is 17.0. The summed E-state index contributed by atoms with van der Waals surface area (Å²) < 4.78 is 35.8. The Morgan fingerprint density at radius 2 is 1.56 bits per heavy atom.